The molecule has 17 heavy (non-hydrogen) atoms. The first-order valence-electron chi connectivity index (χ1n) is 6.04. The van der Waals surface area contributed by atoms with Crippen molar-refractivity contribution in [2.75, 3.05) is 26.2 Å². The molecule has 2 nitrogen and oxygen atoms in total. The molecule has 0 radical (unpaired) electrons. The molecule has 2 fully saturated rings. The lowest BCUT2D eigenvalue weighted by atomic mass is 9.87. The molecule has 3 heterocycles. The number of nitrogens with zero attached hydrogens (tertiary/aromatic N) is 1. The predicted molar refractivity (Wildman–Crippen MR) is 76.8 cm³/mol. The van der Waals surface area contributed by atoms with Gasteiger partial charge in [-0.1, -0.05) is 11.6 Å². The quantitative estimate of drug-likeness (QED) is 0.891. The molecule has 5 heteroatoms. The summed E-state index contributed by atoms with van der Waals surface area (Å²) in [5.74, 6) is 0. The Bertz CT molecular complexity index is 395. The summed E-state index contributed by atoms with van der Waals surface area (Å²) in [6, 6.07) is 2.16. The lowest BCUT2D eigenvalue weighted by Crippen LogP contribution is -2.28. The Balaban J connectivity index is 1.63. The Morgan fingerprint density at radius 3 is 3.06 bits per heavy atom. The zero-order valence-electron chi connectivity index (χ0n) is 9.64. The van der Waals surface area contributed by atoms with Crippen molar-refractivity contribution in [1.29, 1.82) is 0 Å². The maximum Gasteiger partial charge on any atom is 0.107 e. The van der Waals surface area contributed by atoms with Crippen molar-refractivity contribution < 1.29 is 0 Å². The summed E-state index contributed by atoms with van der Waals surface area (Å²) in [4.78, 5) is 3.94. The van der Waals surface area contributed by atoms with Gasteiger partial charge in [0.2, 0.25) is 0 Å². The minimum atomic E-state index is 0.568. The van der Waals surface area contributed by atoms with Crippen LogP contribution >= 0.6 is 38.9 Å². The number of rotatable bonds is 2. The topological polar surface area (TPSA) is 15.3 Å². The largest absolute Gasteiger partial charge is 0.316 e. The molecular formula is C12H16BrClN2S. The molecule has 2 aliphatic heterocycles. The van der Waals surface area contributed by atoms with Crippen LogP contribution in [0.5, 0.6) is 0 Å². The fourth-order valence-electron chi connectivity index (χ4n) is 3.00. The Hall–Kier alpha value is 0.390. The number of nitrogens with one attached hydrogen (secondary N) is 1. The predicted octanol–water partition coefficient (Wildman–Crippen LogP) is 3.35. The first-order chi connectivity index (χ1) is 8.17. The monoisotopic (exact) mass is 334 g/mol. The van der Waals surface area contributed by atoms with Crippen LogP contribution in [0.1, 0.15) is 17.7 Å². The van der Waals surface area contributed by atoms with Gasteiger partial charge in [-0.15, -0.1) is 11.3 Å². The average Bonchev–Trinajstić information content (AvgIpc) is 2.96. The molecular weight excluding hydrogens is 320 g/mol. The summed E-state index contributed by atoms with van der Waals surface area (Å²) in [6.07, 6.45) is 2.69. The van der Waals surface area contributed by atoms with Crippen molar-refractivity contribution in [3.63, 3.8) is 0 Å². The van der Waals surface area contributed by atoms with Gasteiger partial charge in [0.1, 0.15) is 4.34 Å². The van der Waals surface area contributed by atoms with E-state index in [1.807, 2.05) is 0 Å². The summed E-state index contributed by atoms with van der Waals surface area (Å²) in [7, 11) is 0. The molecule has 1 unspecified atom stereocenters. The second-order valence-corrected chi connectivity index (χ2v) is 7.81. The van der Waals surface area contributed by atoms with Crippen LogP contribution in [-0.2, 0) is 6.54 Å². The number of halogens is 2. The van der Waals surface area contributed by atoms with Gasteiger partial charge < -0.3 is 5.32 Å². The molecule has 2 saturated heterocycles. The maximum absolute atomic E-state index is 6.08. The smallest absolute Gasteiger partial charge is 0.107 e. The third kappa shape index (κ3) is 2.56. The van der Waals surface area contributed by atoms with E-state index >= 15 is 0 Å². The standard InChI is InChI=1S/C12H16BrClN2S/c13-10-5-9(17-11(10)14)6-16-4-2-12(8-16)1-3-15-7-12/h5,15H,1-4,6-8H2. The lowest BCUT2D eigenvalue weighted by molar-refractivity contribution is 0.270. The van der Waals surface area contributed by atoms with Gasteiger partial charge >= 0.3 is 0 Å². The van der Waals surface area contributed by atoms with E-state index < -0.39 is 0 Å². The van der Waals surface area contributed by atoms with Crippen molar-refractivity contribution in [2.24, 2.45) is 5.41 Å². The van der Waals surface area contributed by atoms with Crippen LogP contribution in [0.3, 0.4) is 0 Å². The molecule has 0 bridgehead atoms. The molecule has 0 aliphatic carbocycles. The van der Waals surface area contributed by atoms with Crippen LogP contribution in [0.25, 0.3) is 0 Å². The van der Waals surface area contributed by atoms with E-state index in [-0.39, 0.29) is 0 Å². The fraction of sp³-hybridized carbons (Fsp3) is 0.667. The van der Waals surface area contributed by atoms with Gasteiger partial charge in [-0.25, -0.2) is 0 Å². The highest BCUT2D eigenvalue weighted by atomic mass is 79.9. The third-order valence-corrected chi connectivity index (χ3v) is 6.38. The molecule has 1 aromatic rings. The molecule has 1 atom stereocenters. The van der Waals surface area contributed by atoms with Gasteiger partial charge in [0.05, 0.1) is 0 Å². The van der Waals surface area contributed by atoms with Crippen LogP contribution in [0.2, 0.25) is 4.34 Å². The van der Waals surface area contributed by atoms with Crippen molar-refractivity contribution in [3.05, 3.63) is 19.8 Å². The molecule has 0 saturated carbocycles. The Morgan fingerprint density at radius 2 is 2.41 bits per heavy atom. The van der Waals surface area contributed by atoms with E-state index in [0.29, 0.717) is 5.41 Å². The van der Waals surface area contributed by atoms with Gasteiger partial charge in [-0.05, 0) is 53.3 Å². The highest BCUT2D eigenvalue weighted by Crippen LogP contribution is 2.38. The highest BCUT2D eigenvalue weighted by Gasteiger charge is 2.40. The van der Waals surface area contributed by atoms with Gasteiger partial charge in [-0.3, -0.25) is 4.90 Å². The van der Waals surface area contributed by atoms with Crippen molar-refractivity contribution >= 4 is 38.9 Å². The van der Waals surface area contributed by atoms with Crippen molar-refractivity contribution in [3.8, 4) is 0 Å². The minimum absolute atomic E-state index is 0.568. The molecule has 2 aliphatic rings. The van der Waals surface area contributed by atoms with E-state index in [4.69, 9.17) is 11.6 Å². The number of hydrogen-bond donors (Lipinski definition) is 1. The van der Waals surface area contributed by atoms with Crippen molar-refractivity contribution in [1.82, 2.24) is 10.2 Å². The second kappa shape index (κ2) is 4.82. The van der Waals surface area contributed by atoms with Crippen LogP contribution in [0.4, 0.5) is 0 Å². The van der Waals surface area contributed by atoms with Crippen LogP contribution in [0, 0.1) is 5.41 Å². The molecule has 0 amide bonds. The molecule has 0 aromatic carbocycles. The third-order valence-electron chi connectivity index (χ3n) is 3.93. The summed E-state index contributed by atoms with van der Waals surface area (Å²) in [5, 5.41) is 3.50. The summed E-state index contributed by atoms with van der Waals surface area (Å²) < 4.78 is 1.91. The van der Waals surface area contributed by atoms with Gasteiger partial charge in [-0.2, -0.15) is 0 Å². The van der Waals surface area contributed by atoms with Crippen LogP contribution in [0.15, 0.2) is 10.5 Å². The SMILES string of the molecule is Clc1sc(CN2CCC3(CCNC3)C2)cc1Br. The number of thiophene rings is 1. The van der Waals surface area contributed by atoms with Gasteiger partial charge in [0, 0.05) is 29.0 Å². The molecule has 94 valence electrons. The zero-order valence-corrected chi connectivity index (χ0v) is 12.8. The average molecular weight is 336 g/mol. The Kier molecular flexibility index (Phi) is 3.52. The zero-order chi connectivity index (χ0) is 11.9. The molecule has 1 spiro atoms. The normalized spacial score (nSPS) is 29.5. The Morgan fingerprint density at radius 1 is 1.53 bits per heavy atom. The van der Waals surface area contributed by atoms with Crippen LogP contribution in [-0.4, -0.2) is 31.1 Å². The van der Waals surface area contributed by atoms with Crippen LogP contribution < -0.4 is 5.32 Å². The first-order valence-corrected chi connectivity index (χ1v) is 8.02. The summed E-state index contributed by atoms with van der Waals surface area (Å²) in [5.41, 5.74) is 0.568. The molecule has 3 rings (SSSR count). The molecule has 1 aromatic heterocycles. The van der Waals surface area contributed by atoms with Gasteiger partial charge in [0.15, 0.2) is 0 Å². The summed E-state index contributed by atoms with van der Waals surface area (Å²) >= 11 is 11.2. The first kappa shape index (κ1) is 12.4. The Labute approximate surface area is 119 Å². The number of hydrogen-bond acceptors (Lipinski definition) is 3. The fourth-order valence-corrected chi connectivity index (χ4v) is 4.83. The van der Waals surface area contributed by atoms with Gasteiger partial charge in [0.25, 0.3) is 0 Å². The lowest BCUT2D eigenvalue weighted by Gasteiger charge is -2.22. The minimum Gasteiger partial charge on any atom is -0.316 e. The summed E-state index contributed by atoms with van der Waals surface area (Å²) in [6.45, 7) is 5.93. The van der Waals surface area contributed by atoms with E-state index in [1.165, 1.54) is 43.9 Å². The maximum atomic E-state index is 6.08. The second-order valence-electron chi connectivity index (χ2n) is 5.22. The van der Waals surface area contributed by atoms with E-state index in [0.717, 1.165) is 15.4 Å². The molecule has 1 N–H and O–H groups in total. The van der Waals surface area contributed by atoms with Crippen molar-refractivity contribution in [2.45, 2.75) is 19.4 Å². The number of likely N-dealkylation sites (tertiary alicyclic amines) is 1. The van der Waals surface area contributed by atoms with E-state index in [2.05, 4.69) is 32.2 Å². The highest BCUT2D eigenvalue weighted by molar-refractivity contribution is 9.10. The van der Waals surface area contributed by atoms with E-state index in [1.54, 1.807) is 11.3 Å². The van der Waals surface area contributed by atoms with E-state index in [9.17, 15) is 0 Å².